The standard InChI is InChI=1S/C35H44N4O5/c1-36-34(41)31(21-26-14-18-30(43-4)19-15-26)39(3)35(42)32(38(2)33(40)24-44-23-29-11-8-20-37-29)22-25-12-16-28(17-13-25)27-9-6-5-7-10-27/h5-7,9-10,12-19,29,31-32,37H,8,11,20-24H2,1-4H3,(H,36,41). The van der Waals surface area contributed by atoms with Gasteiger partial charge in [-0.1, -0.05) is 66.7 Å². The summed E-state index contributed by atoms with van der Waals surface area (Å²) in [6.07, 6.45) is 2.70. The van der Waals surface area contributed by atoms with E-state index in [1.165, 1.54) is 9.80 Å². The Morgan fingerprint density at radius 2 is 1.48 bits per heavy atom. The van der Waals surface area contributed by atoms with Gasteiger partial charge >= 0.3 is 0 Å². The van der Waals surface area contributed by atoms with E-state index in [4.69, 9.17) is 9.47 Å². The predicted octanol–water partition coefficient (Wildman–Crippen LogP) is 3.32. The Kier molecular flexibility index (Phi) is 11.9. The highest BCUT2D eigenvalue weighted by Gasteiger charge is 2.35. The fourth-order valence-electron chi connectivity index (χ4n) is 5.49. The number of nitrogens with zero attached hydrogens (tertiary/aromatic N) is 2. The van der Waals surface area contributed by atoms with Crippen molar-refractivity contribution in [2.45, 2.75) is 43.8 Å². The zero-order valence-corrected chi connectivity index (χ0v) is 26.1. The Morgan fingerprint density at radius 1 is 0.864 bits per heavy atom. The molecule has 3 aromatic carbocycles. The van der Waals surface area contributed by atoms with Gasteiger partial charge < -0.3 is 29.9 Å². The SMILES string of the molecule is CNC(=O)C(Cc1ccc(OC)cc1)N(C)C(=O)C(Cc1ccc(-c2ccccc2)cc1)N(C)C(=O)COCC1CCCN1. The van der Waals surface area contributed by atoms with Crippen LogP contribution in [0.1, 0.15) is 24.0 Å². The van der Waals surface area contributed by atoms with Gasteiger partial charge in [-0.2, -0.15) is 0 Å². The molecule has 234 valence electrons. The maximum atomic E-state index is 14.2. The number of nitrogens with one attached hydrogen (secondary N) is 2. The summed E-state index contributed by atoms with van der Waals surface area (Å²) < 4.78 is 11.0. The van der Waals surface area contributed by atoms with Crippen molar-refractivity contribution < 1.29 is 23.9 Å². The summed E-state index contributed by atoms with van der Waals surface area (Å²) in [5, 5.41) is 6.06. The second-order valence-electron chi connectivity index (χ2n) is 11.2. The number of amides is 3. The first-order valence-corrected chi connectivity index (χ1v) is 15.1. The van der Waals surface area contributed by atoms with Gasteiger partial charge in [0.05, 0.1) is 13.7 Å². The van der Waals surface area contributed by atoms with Crippen LogP contribution in [0.4, 0.5) is 0 Å². The Bertz CT molecular complexity index is 1360. The molecule has 44 heavy (non-hydrogen) atoms. The summed E-state index contributed by atoms with van der Waals surface area (Å²) in [7, 11) is 6.41. The monoisotopic (exact) mass is 600 g/mol. The lowest BCUT2D eigenvalue weighted by atomic mass is 9.98. The molecule has 1 aliphatic heterocycles. The maximum absolute atomic E-state index is 14.2. The average Bonchev–Trinajstić information content (AvgIpc) is 3.59. The van der Waals surface area contributed by atoms with Crippen LogP contribution in [0, 0.1) is 0 Å². The molecule has 9 heteroatoms. The van der Waals surface area contributed by atoms with Crippen molar-refractivity contribution in [2.75, 3.05) is 48.0 Å². The zero-order chi connectivity index (χ0) is 31.5. The van der Waals surface area contributed by atoms with Gasteiger partial charge in [-0.25, -0.2) is 0 Å². The summed E-state index contributed by atoms with van der Waals surface area (Å²) in [5.41, 5.74) is 3.94. The van der Waals surface area contributed by atoms with Crippen LogP contribution in [0.5, 0.6) is 5.75 Å². The molecular weight excluding hydrogens is 556 g/mol. The molecule has 3 unspecified atom stereocenters. The molecule has 0 saturated carbocycles. The lowest BCUT2D eigenvalue weighted by molar-refractivity contribution is -0.149. The van der Waals surface area contributed by atoms with Gasteiger partial charge in [0.25, 0.3) is 0 Å². The number of rotatable bonds is 14. The Morgan fingerprint density at radius 3 is 2.07 bits per heavy atom. The molecule has 1 fully saturated rings. The fraction of sp³-hybridized carbons (Fsp3) is 0.400. The minimum Gasteiger partial charge on any atom is -0.497 e. The summed E-state index contributed by atoms with van der Waals surface area (Å²) in [6.45, 7) is 1.27. The van der Waals surface area contributed by atoms with Crippen LogP contribution in [-0.4, -0.2) is 93.7 Å². The van der Waals surface area contributed by atoms with Gasteiger partial charge in [0, 0.05) is 40.0 Å². The third kappa shape index (κ3) is 8.67. The lowest BCUT2D eigenvalue weighted by Crippen LogP contribution is -2.56. The van der Waals surface area contributed by atoms with Crippen LogP contribution in [0.25, 0.3) is 11.1 Å². The van der Waals surface area contributed by atoms with Crippen molar-refractivity contribution in [3.63, 3.8) is 0 Å². The number of ether oxygens (including phenoxy) is 2. The molecule has 1 aliphatic rings. The Balaban J connectivity index is 1.54. The highest BCUT2D eigenvalue weighted by molar-refractivity contribution is 5.92. The first-order chi connectivity index (χ1) is 21.3. The van der Waals surface area contributed by atoms with E-state index in [9.17, 15) is 14.4 Å². The van der Waals surface area contributed by atoms with E-state index < -0.39 is 12.1 Å². The molecule has 1 saturated heterocycles. The van der Waals surface area contributed by atoms with Crippen molar-refractivity contribution >= 4 is 17.7 Å². The third-order valence-corrected chi connectivity index (χ3v) is 8.30. The summed E-state index contributed by atoms with van der Waals surface area (Å²) in [4.78, 5) is 43.5. The molecule has 0 aliphatic carbocycles. The molecule has 3 atom stereocenters. The van der Waals surface area contributed by atoms with Crippen LogP contribution in [0.2, 0.25) is 0 Å². The first kappa shape index (κ1) is 32.7. The summed E-state index contributed by atoms with van der Waals surface area (Å²) in [6, 6.07) is 24.1. The number of methoxy groups -OCH3 is 1. The Labute approximate surface area is 260 Å². The van der Waals surface area contributed by atoms with Gasteiger partial charge in [0.1, 0.15) is 24.4 Å². The van der Waals surface area contributed by atoms with Crippen LogP contribution in [0.3, 0.4) is 0 Å². The molecular formula is C35H44N4O5. The van der Waals surface area contributed by atoms with Crippen LogP contribution >= 0.6 is 0 Å². The summed E-state index contributed by atoms with van der Waals surface area (Å²) >= 11 is 0. The molecule has 9 nitrogen and oxygen atoms in total. The van der Waals surface area contributed by atoms with E-state index in [2.05, 4.69) is 10.6 Å². The van der Waals surface area contributed by atoms with Crippen molar-refractivity contribution in [1.82, 2.24) is 20.4 Å². The molecule has 1 heterocycles. The van der Waals surface area contributed by atoms with E-state index in [0.717, 1.165) is 41.6 Å². The average molecular weight is 601 g/mol. The normalized spacial score (nSPS) is 15.7. The predicted molar refractivity (Wildman–Crippen MR) is 171 cm³/mol. The zero-order valence-electron chi connectivity index (χ0n) is 26.1. The minimum atomic E-state index is -0.841. The van der Waals surface area contributed by atoms with Gasteiger partial charge in [0.2, 0.25) is 17.7 Å². The largest absolute Gasteiger partial charge is 0.497 e. The number of hydrogen-bond acceptors (Lipinski definition) is 6. The van der Waals surface area contributed by atoms with Gasteiger partial charge in [-0.05, 0) is 53.8 Å². The van der Waals surface area contributed by atoms with Crippen molar-refractivity contribution in [1.29, 1.82) is 0 Å². The second-order valence-corrected chi connectivity index (χ2v) is 11.2. The summed E-state index contributed by atoms with van der Waals surface area (Å²) in [5.74, 6) is -0.196. The molecule has 0 radical (unpaired) electrons. The number of hydrogen-bond donors (Lipinski definition) is 2. The van der Waals surface area contributed by atoms with Gasteiger partial charge in [-0.3, -0.25) is 14.4 Å². The first-order valence-electron chi connectivity index (χ1n) is 15.1. The molecule has 4 rings (SSSR count). The Hall–Kier alpha value is -4.21. The van der Waals surface area contributed by atoms with E-state index in [0.29, 0.717) is 18.8 Å². The molecule has 0 bridgehead atoms. The quantitative estimate of drug-likeness (QED) is 0.295. The highest BCUT2D eigenvalue weighted by atomic mass is 16.5. The minimum absolute atomic E-state index is 0.125. The number of likely N-dealkylation sites (N-methyl/N-ethyl adjacent to an activating group) is 3. The molecule has 0 aromatic heterocycles. The van der Waals surface area contributed by atoms with E-state index >= 15 is 0 Å². The van der Waals surface area contributed by atoms with E-state index in [1.807, 2.05) is 78.9 Å². The van der Waals surface area contributed by atoms with Crippen molar-refractivity contribution in [3.05, 3.63) is 90.0 Å². The second kappa shape index (κ2) is 16.0. The highest BCUT2D eigenvalue weighted by Crippen LogP contribution is 2.22. The molecule has 3 aromatic rings. The van der Waals surface area contributed by atoms with Crippen LogP contribution < -0.4 is 15.4 Å². The van der Waals surface area contributed by atoms with Gasteiger partial charge in [-0.15, -0.1) is 0 Å². The lowest BCUT2D eigenvalue weighted by Gasteiger charge is -2.34. The number of carbonyl (C=O) groups excluding carboxylic acids is 3. The van der Waals surface area contributed by atoms with E-state index in [1.54, 1.807) is 28.3 Å². The van der Waals surface area contributed by atoms with Gasteiger partial charge in [0.15, 0.2) is 0 Å². The molecule has 2 N–H and O–H groups in total. The number of carbonyl (C=O) groups is 3. The fourth-order valence-corrected chi connectivity index (χ4v) is 5.49. The maximum Gasteiger partial charge on any atom is 0.249 e. The third-order valence-electron chi connectivity index (χ3n) is 8.30. The molecule has 0 spiro atoms. The van der Waals surface area contributed by atoms with Crippen LogP contribution in [0.15, 0.2) is 78.9 Å². The van der Waals surface area contributed by atoms with Crippen LogP contribution in [-0.2, 0) is 32.0 Å². The molecule has 3 amide bonds. The van der Waals surface area contributed by atoms with Crippen molar-refractivity contribution in [3.8, 4) is 16.9 Å². The number of benzene rings is 3. The van der Waals surface area contributed by atoms with E-state index in [-0.39, 0.29) is 36.8 Å². The topological polar surface area (TPSA) is 100 Å². The van der Waals surface area contributed by atoms with Crippen molar-refractivity contribution in [2.24, 2.45) is 0 Å². The smallest absolute Gasteiger partial charge is 0.249 e.